The molecule has 5 aromatic carbocycles. The Kier molecular flexibility index (Phi) is 12.2. The molecule has 1 aliphatic rings. The molecule has 0 saturated carbocycles. The molecule has 5 aromatic rings. The van der Waals surface area contributed by atoms with E-state index in [-0.39, 0.29) is 24.4 Å². The van der Waals surface area contributed by atoms with Gasteiger partial charge in [0.05, 0.1) is 25.9 Å². The van der Waals surface area contributed by atoms with Gasteiger partial charge in [-0.3, -0.25) is 4.90 Å². The first kappa shape index (κ1) is 33.1. The SMILES string of the molecule is NCCCCC[C@@H]1[C@@H](OCc2ccccc2)[C@H](OCc2ccccc2)[C@@H](OCc2ccccc2)CN1Cc1cccc2ccccc12. The third-order valence-corrected chi connectivity index (χ3v) is 9.29. The van der Waals surface area contributed by atoms with Gasteiger partial charge in [0.15, 0.2) is 0 Å². The second-order valence-electron chi connectivity index (χ2n) is 12.6. The van der Waals surface area contributed by atoms with E-state index in [1.54, 1.807) is 0 Å². The lowest BCUT2D eigenvalue weighted by atomic mass is 9.88. The Hall–Kier alpha value is -3.84. The van der Waals surface area contributed by atoms with Crippen LogP contribution >= 0.6 is 0 Å². The maximum Gasteiger partial charge on any atom is 0.113 e. The molecule has 244 valence electrons. The Labute approximate surface area is 280 Å². The van der Waals surface area contributed by atoms with Crippen LogP contribution in [0.4, 0.5) is 0 Å². The molecular weight excluding hydrogens is 580 g/mol. The van der Waals surface area contributed by atoms with E-state index in [1.165, 1.54) is 16.3 Å². The van der Waals surface area contributed by atoms with Crippen molar-refractivity contribution in [3.05, 3.63) is 156 Å². The molecule has 2 N–H and O–H groups in total. The van der Waals surface area contributed by atoms with Gasteiger partial charge in [-0.25, -0.2) is 0 Å². The number of nitrogens with two attached hydrogens (primary N) is 1. The van der Waals surface area contributed by atoms with Crippen LogP contribution in [0.25, 0.3) is 10.8 Å². The standard InChI is InChI=1S/C42H48N2O3/c43-27-14-4-11-26-39-41(46-31-34-18-7-2-8-19-34)42(47-32-35-20-9-3-10-21-35)40(45-30-33-16-5-1-6-17-33)29-44(39)28-37-24-15-23-36-22-12-13-25-38(36)37/h1-3,5-10,12-13,15-25,39-42H,4,11,14,26-32,43H2/t39-,40+,41-,42-/m1/s1. The van der Waals surface area contributed by atoms with Gasteiger partial charge in [-0.1, -0.05) is 146 Å². The van der Waals surface area contributed by atoms with E-state index in [0.717, 1.165) is 62.0 Å². The second-order valence-corrected chi connectivity index (χ2v) is 12.6. The highest BCUT2D eigenvalue weighted by molar-refractivity contribution is 5.85. The molecule has 5 heteroatoms. The molecule has 0 aromatic heterocycles. The quantitative estimate of drug-likeness (QED) is 0.111. The number of unbranched alkanes of at least 4 members (excludes halogenated alkanes) is 2. The summed E-state index contributed by atoms with van der Waals surface area (Å²) in [6.07, 6.45) is 3.59. The molecule has 0 unspecified atom stereocenters. The predicted octanol–water partition coefficient (Wildman–Crippen LogP) is 8.30. The number of rotatable bonds is 16. The number of fused-ring (bicyclic) bond motifs is 1. The Bertz CT molecular complexity index is 1610. The van der Waals surface area contributed by atoms with Crippen LogP contribution in [0.2, 0.25) is 0 Å². The van der Waals surface area contributed by atoms with Crippen LogP contribution in [0.5, 0.6) is 0 Å². The number of hydrogen-bond acceptors (Lipinski definition) is 5. The Morgan fingerprint density at radius 2 is 1.11 bits per heavy atom. The molecule has 1 aliphatic heterocycles. The van der Waals surface area contributed by atoms with Gasteiger partial charge in [0.1, 0.15) is 12.2 Å². The van der Waals surface area contributed by atoms with E-state index in [4.69, 9.17) is 19.9 Å². The number of likely N-dealkylation sites (tertiary alicyclic amines) is 1. The van der Waals surface area contributed by atoms with Gasteiger partial charge < -0.3 is 19.9 Å². The molecule has 4 atom stereocenters. The van der Waals surface area contributed by atoms with Gasteiger partial charge in [0.25, 0.3) is 0 Å². The monoisotopic (exact) mass is 628 g/mol. The summed E-state index contributed by atoms with van der Waals surface area (Å²) < 4.78 is 20.7. The molecule has 0 bridgehead atoms. The topological polar surface area (TPSA) is 57.0 Å². The van der Waals surface area contributed by atoms with E-state index < -0.39 is 0 Å². The van der Waals surface area contributed by atoms with Crippen molar-refractivity contribution in [2.45, 2.75) is 76.4 Å². The Balaban J connectivity index is 1.35. The first-order chi connectivity index (χ1) is 23.3. The van der Waals surface area contributed by atoms with Crippen LogP contribution in [0.3, 0.4) is 0 Å². The lowest BCUT2D eigenvalue weighted by Crippen LogP contribution is -2.63. The molecule has 1 saturated heterocycles. The number of benzene rings is 5. The Morgan fingerprint density at radius 1 is 0.553 bits per heavy atom. The zero-order valence-electron chi connectivity index (χ0n) is 27.3. The van der Waals surface area contributed by atoms with Gasteiger partial charge in [0.2, 0.25) is 0 Å². The minimum atomic E-state index is -0.245. The third kappa shape index (κ3) is 9.16. The van der Waals surface area contributed by atoms with Gasteiger partial charge in [-0.2, -0.15) is 0 Å². The summed E-state index contributed by atoms with van der Waals surface area (Å²) in [5, 5.41) is 2.56. The third-order valence-electron chi connectivity index (χ3n) is 9.29. The summed E-state index contributed by atoms with van der Waals surface area (Å²) in [6.45, 7) is 3.82. The smallest absolute Gasteiger partial charge is 0.113 e. The molecule has 0 aliphatic carbocycles. The van der Waals surface area contributed by atoms with Crippen molar-refractivity contribution in [1.29, 1.82) is 0 Å². The van der Waals surface area contributed by atoms with Crippen LogP contribution in [0.1, 0.15) is 47.9 Å². The fraction of sp³-hybridized carbons (Fsp3) is 0.333. The summed E-state index contributed by atoms with van der Waals surface area (Å²) >= 11 is 0. The minimum absolute atomic E-state index is 0.146. The van der Waals surface area contributed by atoms with Crippen molar-refractivity contribution in [1.82, 2.24) is 4.90 Å². The number of ether oxygens (including phenoxy) is 3. The lowest BCUT2D eigenvalue weighted by molar-refractivity contribution is -0.205. The van der Waals surface area contributed by atoms with Crippen molar-refractivity contribution < 1.29 is 14.2 Å². The average molecular weight is 629 g/mol. The molecule has 0 amide bonds. The fourth-order valence-electron chi connectivity index (χ4n) is 6.83. The first-order valence-electron chi connectivity index (χ1n) is 17.2. The van der Waals surface area contributed by atoms with Gasteiger partial charge in [-0.05, 0) is 52.4 Å². The average Bonchev–Trinajstić information content (AvgIpc) is 3.13. The lowest BCUT2D eigenvalue weighted by Gasteiger charge is -2.49. The summed E-state index contributed by atoms with van der Waals surface area (Å²) in [5.41, 5.74) is 10.7. The predicted molar refractivity (Wildman–Crippen MR) is 191 cm³/mol. The van der Waals surface area contributed by atoms with Gasteiger partial charge in [0, 0.05) is 19.1 Å². The van der Waals surface area contributed by atoms with Crippen molar-refractivity contribution in [3.63, 3.8) is 0 Å². The second kappa shape index (κ2) is 17.4. The van der Waals surface area contributed by atoms with Gasteiger partial charge >= 0.3 is 0 Å². The van der Waals surface area contributed by atoms with Crippen molar-refractivity contribution in [2.75, 3.05) is 13.1 Å². The zero-order valence-corrected chi connectivity index (χ0v) is 27.3. The largest absolute Gasteiger partial charge is 0.369 e. The Morgan fingerprint density at radius 3 is 1.74 bits per heavy atom. The van der Waals surface area contributed by atoms with E-state index in [0.29, 0.717) is 19.8 Å². The van der Waals surface area contributed by atoms with Crippen LogP contribution in [0.15, 0.2) is 133 Å². The molecule has 5 nitrogen and oxygen atoms in total. The summed E-state index contributed by atoms with van der Waals surface area (Å²) in [5.74, 6) is 0. The summed E-state index contributed by atoms with van der Waals surface area (Å²) in [4.78, 5) is 2.61. The highest BCUT2D eigenvalue weighted by atomic mass is 16.6. The van der Waals surface area contributed by atoms with Crippen molar-refractivity contribution >= 4 is 10.8 Å². The van der Waals surface area contributed by atoms with E-state index in [2.05, 4.69) is 126 Å². The number of nitrogens with zero attached hydrogens (tertiary/aromatic N) is 1. The number of piperidine rings is 1. The summed E-state index contributed by atoms with van der Waals surface area (Å²) in [6, 6.07) is 46.8. The molecule has 0 radical (unpaired) electrons. The minimum Gasteiger partial charge on any atom is -0.369 e. The highest BCUT2D eigenvalue weighted by Crippen LogP contribution is 2.33. The first-order valence-corrected chi connectivity index (χ1v) is 17.2. The molecule has 1 heterocycles. The van der Waals surface area contributed by atoms with Gasteiger partial charge in [-0.15, -0.1) is 0 Å². The zero-order chi connectivity index (χ0) is 32.1. The highest BCUT2D eigenvalue weighted by Gasteiger charge is 2.45. The van der Waals surface area contributed by atoms with Crippen molar-refractivity contribution in [3.8, 4) is 0 Å². The van der Waals surface area contributed by atoms with Crippen LogP contribution in [-0.4, -0.2) is 42.3 Å². The fourth-order valence-corrected chi connectivity index (χ4v) is 6.83. The van der Waals surface area contributed by atoms with Crippen LogP contribution in [-0.2, 0) is 40.6 Å². The molecule has 1 fully saturated rings. The van der Waals surface area contributed by atoms with Crippen LogP contribution < -0.4 is 5.73 Å². The molecule has 0 spiro atoms. The van der Waals surface area contributed by atoms with E-state index in [1.807, 2.05) is 12.1 Å². The van der Waals surface area contributed by atoms with Crippen LogP contribution in [0, 0.1) is 0 Å². The summed E-state index contributed by atoms with van der Waals surface area (Å²) in [7, 11) is 0. The molecule has 47 heavy (non-hydrogen) atoms. The molecule has 6 rings (SSSR count). The van der Waals surface area contributed by atoms with E-state index in [9.17, 15) is 0 Å². The molecular formula is C42H48N2O3. The maximum absolute atomic E-state index is 7.01. The maximum atomic E-state index is 7.01. The number of hydrogen-bond donors (Lipinski definition) is 1. The van der Waals surface area contributed by atoms with Crippen molar-refractivity contribution in [2.24, 2.45) is 5.73 Å². The van der Waals surface area contributed by atoms with E-state index >= 15 is 0 Å². The normalized spacial score (nSPS) is 20.0.